The molecule has 22 heavy (non-hydrogen) atoms. The lowest BCUT2D eigenvalue weighted by Gasteiger charge is -2.26. The second kappa shape index (κ2) is 6.72. The first-order valence-electron chi connectivity index (χ1n) is 7.63. The normalized spacial score (nSPS) is 14.6. The van der Waals surface area contributed by atoms with Gasteiger partial charge in [-0.25, -0.2) is 0 Å². The van der Waals surface area contributed by atoms with Gasteiger partial charge in [0, 0.05) is 12.2 Å². The Labute approximate surface area is 129 Å². The summed E-state index contributed by atoms with van der Waals surface area (Å²) < 4.78 is 1.43. The number of amides is 1. The Balaban J connectivity index is 2.19. The van der Waals surface area contributed by atoms with Crippen molar-refractivity contribution in [3.05, 3.63) is 33.3 Å². The molecule has 1 heterocycles. The fraction of sp³-hybridized carbons (Fsp3) is 0.600. The molecule has 0 radical (unpaired) electrons. The second-order valence-corrected chi connectivity index (χ2v) is 5.51. The van der Waals surface area contributed by atoms with Crippen molar-refractivity contribution >= 4 is 11.6 Å². The first-order chi connectivity index (χ1) is 10.5. The smallest absolute Gasteiger partial charge is 0.312 e. The highest BCUT2D eigenvalue weighted by Gasteiger charge is 2.25. The Hall–Kier alpha value is -2.18. The van der Waals surface area contributed by atoms with E-state index in [1.54, 1.807) is 18.7 Å². The SMILES string of the molecule is CCN(C(=O)Cn1nc(C)c([N+](=O)[O-])c1C)C1=CCCCC1. The molecule has 0 aromatic carbocycles. The number of aromatic nitrogens is 2. The molecule has 1 aromatic rings. The third kappa shape index (κ3) is 3.18. The summed E-state index contributed by atoms with van der Waals surface area (Å²) in [5.41, 5.74) is 1.82. The first-order valence-corrected chi connectivity index (χ1v) is 7.63. The second-order valence-electron chi connectivity index (χ2n) is 5.51. The number of hydrogen-bond acceptors (Lipinski definition) is 4. The van der Waals surface area contributed by atoms with Crippen molar-refractivity contribution in [2.75, 3.05) is 6.54 Å². The van der Waals surface area contributed by atoms with Gasteiger partial charge in [0.05, 0.1) is 4.92 Å². The summed E-state index contributed by atoms with van der Waals surface area (Å²) in [6.07, 6.45) is 6.30. The van der Waals surface area contributed by atoms with Crippen molar-refractivity contribution in [1.82, 2.24) is 14.7 Å². The van der Waals surface area contributed by atoms with Gasteiger partial charge in [0.25, 0.3) is 0 Å². The van der Waals surface area contributed by atoms with Gasteiger partial charge in [-0.15, -0.1) is 0 Å². The van der Waals surface area contributed by atoms with E-state index in [9.17, 15) is 14.9 Å². The third-order valence-electron chi connectivity index (χ3n) is 4.04. The molecule has 7 heteroatoms. The summed E-state index contributed by atoms with van der Waals surface area (Å²) >= 11 is 0. The minimum Gasteiger partial charge on any atom is -0.315 e. The topological polar surface area (TPSA) is 81.3 Å². The highest BCUT2D eigenvalue weighted by Crippen LogP contribution is 2.24. The number of hydrogen-bond donors (Lipinski definition) is 0. The Morgan fingerprint density at radius 3 is 2.68 bits per heavy atom. The van der Waals surface area contributed by atoms with Crippen LogP contribution in [-0.2, 0) is 11.3 Å². The number of nitrogens with zero attached hydrogens (tertiary/aromatic N) is 4. The largest absolute Gasteiger partial charge is 0.315 e. The number of aryl methyl sites for hydroxylation is 1. The van der Waals surface area contributed by atoms with E-state index >= 15 is 0 Å². The minimum absolute atomic E-state index is 0.00673. The van der Waals surface area contributed by atoms with Gasteiger partial charge in [0.1, 0.15) is 17.9 Å². The van der Waals surface area contributed by atoms with Crippen LogP contribution in [0.15, 0.2) is 11.8 Å². The molecule has 1 amide bonds. The average Bonchev–Trinajstić information content (AvgIpc) is 2.75. The standard InChI is InChI=1S/C15H22N4O3/c1-4-17(13-8-6-5-7-9-13)14(20)10-18-12(3)15(19(21)22)11(2)16-18/h8H,4-7,9-10H2,1-3H3. The number of allylic oxidation sites excluding steroid dienone is 2. The molecule has 1 aliphatic carbocycles. The molecule has 7 nitrogen and oxygen atoms in total. The number of rotatable bonds is 5. The molecule has 0 aliphatic heterocycles. The van der Waals surface area contributed by atoms with Crippen LogP contribution >= 0.6 is 0 Å². The van der Waals surface area contributed by atoms with E-state index in [-0.39, 0.29) is 18.1 Å². The number of carbonyl (C=O) groups is 1. The molecule has 0 N–H and O–H groups in total. The van der Waals surface area contributed by atoms with E-state index in [4.69, 9.17) is 0 Å². The summed E-state index contributed by atoms with van der Waals surface area (Å²) in [4.78, 5) is 24.9. The van der Waals surface area contributed by atoms with Crippen molar-refractivity contribution < 1.29 is 9.72 Å². The third-order valence-corrected chi connectivity index (χ3v) is 4.04. The summed E-state index contributed by atoms with van der Waals surface area (Å²) in [6, 6.07) is 0. The van der Waals surface area contributed by atoms with E-state index in [0.29, 0.717) is 17.9 Å². The molecule has 0 spiro atoms. The van der Waals surface area contributed by atoms with Gasteiger partial charge in [-0.2, -0.15) is 5.10 Å². The zero-order chi connectivity index (χ0) is 16.3. The van der Waals surface area contributed by atoms with Crippen molar-refractivity contribution in [3.63, 3.8) is 0 Å². The van der Waals surface area contributed by atoms with E-state index in [1.165, 1.54) is 11.1 Å². The van der Waals surface area contributed by atoms with Crippen LogP contribution in [0.4, 0.5) is 5.69 Å². The van der Waals surface area contributed by atoms with Gasteiger partial charge in [-0.1, -0.05) is 6.08 Å². The van der Waals surface area contributed by atoms with Crippen LogP contribution in [0.3, 0.4) is 0 Å². The quantitative estimate of drug-likeness (QED) is 0.618. The zero-order valence-electron chi connectivity index (χ0n) is 13.3. The van der Waals surface area contributed by atoms with Crippen molar-refractivity contribution in [3.8, 4) is 0 Å². The van der Waals surface area contributed by atoms with Gasteiger partial charge in [-0.05, 0) is 46.5 Å². The van der Waals surface area contributed by atoms with E-state index in [0.717, 1.165) is 25.0 Å². The Kier molecular flexibility index (Phi) is 4.95. The van der Waals surface area contributed by atoms with Gasteiger partial charge < -0.3 is 4.90 Å². The fourth-order valence-corrected chi connectivity index (χ4v) is 2.93. The average molecular weight is 306 g/mol. The molecular formula is C15H22N4O3. The van der Waals surface area contributed by atoms with Crippen molar-refractivity contribution in [1.29, 1.82) is 0 Å². The number of likely N-dealkylation sites (N-methyl/N-ethyl adjacent to an activating group) is 1. The van der Waals surface area contributed by atoms with Crippen molar-refractivity contribution in [2.45, 2.75) is 53.0 Å². The first kappa shape index (κ1) is 16.2. The molecule has 1 aliphatic rings. The predicted octanol–water partition coefficient (Wildman–Crippen LogP) is 2.71. The van der Waals surface area contributed by atoms with E-state index in [2.05, 4.69) is 11.2 Å². The highest BCUT2D eigenvalue weighted by atomic mass is 16.6. The van der Waals surface area contributed by atoms with Crippen molar-refractivity contribution in [2.24, 2.45) is 0 Å². The molecule has 120 valence electrons. The minimum atomic E-state index is -0.445. The number of nitro groups is 1. The molecular weight excluding hydrogens is 284 g/mol. The maximum atomic E-state index is 12.5. The summed E-state index contributed by atoms with van der Waals surface area (Å²) in [6.45, 7) is 5.80. The van der Waals surface area contributed by atoms with E-state index in [1.807, 2.05) is 6.92 Å². The Bertz CT molecular complexity index is 619. The lowest BCUT2D eigenvalue weighted by Crippen LogP contribution is -2.34. The molecule has 0 saturated heterocycles. The van der Waals surface area contributed by atoms with Crippen LogP contribution in [0, 0.1) is 24.0 Å². The lowest BCUT2D eigenvalue weighted by atomic mass is 10.0. The van der Waals surface area contributed by atoms with Gasteiger partial charge in [-0.3, -0.25) is 19.6 Å². The van der Waals surface area contributed by atoms with Crippen LogP contribution in [0.25, 0.3) is 0 Å². The fourth-order valence-electron chi connectivity index (χ4n) is 2.93. The van der Waals surface area contributed by atoms with E-state index < -0.39 is 4.92 Å². The summed E-state index contributed by atoms with van der Waals surface area (Å²) in [5, 5.41) is 15.2. The maximum absolute atomic E-state index is 12.5. The highest BCUT2D eigenvalue weighted by molar-refractivity contribution is 5.78. The maximum Gasteiger partial charge on any atom is 0.312 e. The lowest BCUT2D eigenvalue weighted by molar-refractivity contribution is -0.386. The molecule has 1 aromatic heterocycles. The summed E-state index contributed by atoms with van der Waals surface area (Å²) in [7, 11) is 0. The molecule has 0 unspecified atom stereocenters. The molecule has 0 bridgehead atoms. The molecule has 0 fully saturated rings. The zero-order valence-corrected chi connectivity index (χ0v) is 13.3. The van der Waals surface area contributed by atoms with Crippen LogP contribution in [0.5, 0.6) is 0 Å². The molecule has 2 rings (SSSR count). The number of carbonyl (C=O) groups excluding carboxylic acids is 1. The van der Waals surface area contributed by atoms with Crippen LogP contribution < -0.4 is 0 Å². The molecule has 0 saturated carbocycles. The van der Waals surface area contributed by atoms with Gasteiger partial charge >= 0.3 is 5.69 Å². The van der Waals surface area contributed by atoms with Gasteiger partial charge in [0.15, 0.2) is 0 Å². The monoisotopic (exact) mass is 306 g/mol. The Morgan fingerprint density at radius 2 is 2.18 bits per heavy atom. The van der Waals surface area contributed by atoms with Crippen LogP contribution in [0.2, 0.25) is 0 Å². The van der Waals surface area contributed by atoms with Crippen LogP contribution in [-0.4, -0.2) is 32.1 Å². The summed E-state index contributed by atoms with van der Waals surface area (Å²) in [5.74, 6) is -0.0730. The Morgan fingerprint density at radius 1 is 1.45 bits per heavy atom. The predicted molar refractivity (Wildman–Crippen MR) is 82.3 cm³/mol. The molecule has 0 atom stereocenters. The van der Waals surface area contributed by atoms with Crippen LogP contribution in [0.1, 0.15) is 44.0 Å². The van der Waals surface area contributed by atoms with Gasteiger partial charge in [0.2, 0.25) is 5.91 Å².